The summed E-state index contributed by atoms with van der Waals surface area (Å²) in [6.07, 6.45) is -0.267. The average Bonchev–Trinajstić information content (AvgIpc) is 3.73. The van der Waals surface area contributed by atoms with Crippen LogP contribution < -0.4 is 5.32 Å². The molecule has 0 amide bonds. The zero-order chi connectivity index (χ0) is 40.5. The topological polar surface area (TPSA) is 75.7 Å². The molecular formula is C55H37N5O. The molecule has 6 heteroatoms. The van der Waals surface area contributed by atoms with Gasteiger partial charge in [-0.1, -0.05) is 170 Å². The quantitative estimate of drug-likeness (QED) is 0.166. The minimum absolute atomic E-state index is 0.267. The van der Waals surface area contributed by atoms with Gasteiger partial charge in [0.25, 0.3) is 0 Å². The summed E-state index contributed by atoms with van der Waals surface area (Å²) >= 11 is 0. The van der Waals surface area contributed by atoms with E-state index in [1.54, 1.807) is 0 Å². The van der Waals surface area contributed by atoms with Crippen LogP contribution in [0.25, 0.3) is 78.1 Å². The van der Waals surface area contributed by atoms with Crippen LogP contribution in [0.5, 0.6) is 0 Å². The Labute approximate surface area is 353 Å². The highest BCUT2D eigenvalue weighted by Gasteiger charge is 2.21. The average molecular weight is 784 g/mol. The van der Waals surface area contributed by atoms with Crippen LogP contribution in [0.2, 0.25) is 0 Å². The molecule has 0 saturated carbocycles. The van der Waals surface area contributed by atoms with Crippen LogP contribution in [0, 0.1) is 0 Å². The zero-order valence-corrected chi connectivity index (χ0v) is 33.0. The molecule has 8 aromatic carbocycles. The number of rotatable bonds is 8. The molecule has 1 atom stereocenters. The Morgan fingerprint density at radius 1 is 0.377 bits per heavy atom. The second kappa shape index (κ2) is 15.5. The molecule has 0 radical (unpaired) electrons. The number of nitrogens with zero attached hydrogens (tertiary/aromatic N) is 4. The minimum Gasteiger partial charge on any atom is -0.456 e. The molecule has 10 aromatic rings. The van der Waals surface area contributed by atoms with Crippen molar-refractivity contribution in [2.24, 2.45) is 9.98 Å². The summed E-state index contributed by atoms with van der Waals surface area (Å²) in [6, 6.07) is 73.0. The molecule has 61 heavy (non-hydrogen) atoms. The molecular weight excluding hydrogens is 747 g/mol. The standard InChI is InChI=1S/C55H37N5O/c1-4-15-36(16-5-1)48-35-49(43-29-30-47-46-27-10-11-28-50(46)61-51(47)34-43)57-54(56-48)44-25-13-23-41(32-44)39-21-12-22-40(31-39)42-24-14-26-45(33-42)55-59-52(37-17-6-2-7-18-37)58-53(60-55)38-19-8-3-9-20-38/h1-35,52H,(H,58,59,60). The van der Waals surface area contributed by atoms with Gasteiger partial charge in [-0.3, -0.25) is 0 Å². The van der Waals surface area contributed by atoms with Gasteiger partial charge in [-0.25, -0.2) is 20.0 Å². The first-order chi connectivity index (χ1) is 30.2. The Hall–Kier alpha value is -8.22. The lowest BCUT2D eigenvalue weighted by Gasteiger charge is -2.23. The lowest BCUT2D eigenvalue weighted by molar-refractivity contribution is 0.669. The lowest BCUT2D eigenvalue weighted by atomic mass is 9.96. The van der Waals surface area contributed by atoms with Crippen LogP contribution in [0.1, 0.15) is 22.9 Å². The Bertz CT molecular complexity index is 3280. The summed E-state index contributed by atoms with van der Waals surface area (Å²) < 4.78 is 6.27. The zero-order valence-electron chi connectivity index (χ0n) is 33.0. The Balaban J connectivity index is 0.946. The fraction of sp³-hybridized carbons (Fsp3) is 0.0182. The van der Waals surface area contributed by atoms with Gasteiger partial charge in [0.15, 0.2) is 11.7 Å². The number of amidine groups is 2. The van der Waals surface area contributed by atoms with Gasteiger partial charge in [-0.2, -0.15) is 0 Å². The number of aliphatic imine (C=N–C) groups is 2. The van der Waals surface area contributed by atoms with Gasteiger partial charge in [-0.05, 0) is 70.3 Å². The van der Waals surface area contributed by atoms with Crippen molar-refractivity contribution >= 4 is 33.6 Å². The second-order valence-corrected chi connectivity index (χ2v) is 15.1. The summed E-state index contributed by atoms with van der Waals surface area (Å²) in [4.78, 5) is 20.5. The third-order valence-corrected chi connectivity index (χ3v) is 11.1. The van der Waals surface area contributed by atoms with Gasteiger partial charge in [0.1, 0.15) is 23.2 Å². The third-order valence-electron chi connectivity index (χ3n) is 11.1. The van der Waals surface area contributed by atoms with Crippen molar-refractivity contribution in [1.29, 1.82) is 0 Å². The second-order valence-electron chi connectivity index (χ2n) is 15.1. The molecule has 3 heterocycles. The molecule has 0 aliphatic carbocycles. The number of fused-ring (bicyclic) bond motifs is 3. The molecule has 2 aromatic heterocycles. The molecule has 6 nitrogen and oxygen atoms in total. The maximum atomic E-state index is 6.27. The molecule has 1 unspecified atom stereocenters. The Morgan fingerprint density at radius 3 is 1.61 bits per heavy atom. The van der Waals surface area contributed by atoms with E-state index in [1.165, 1.54) is 0 Å². The van der Waals surface area contributed by atoms with Crippen LogP contribution in [0.4, 0.5) is 0 Å². The first-order valence-corrected chi connectivity index (χ1v) is 20.4. The molecule has 11 rings (SSSR count). The van der Waals surface area contributed by atoms with E-state index in [0.29, 0.717) is 11.7 Å². The third kappa shape index (κ3) is 7.17. The summed E-state index contributed by atoms with van der Waals surface area (Å²) in [5, 5.41) is 5.74. The van der Waals surface area contributed by atoms with E-state index in [2.05, 4.69) is 145 Å². The molecule has 1 aliphatic rings. The first-order valence-electron chi connectivity index (χ1n) is 20.4. The predicted molar refractivity (Wildman–Crippen MR) is 248 cm³/mol. The monoisotopic (exact) mass is 783 g/mol. The molecule has 0 saturated heterocycles. The maximum Gasteiger partial charge on any atom is 0.160 e. The lowest BCUT2D eigenvalue weighted by Crippen LogP contribution is -2.33. The summed E-state index contributed by atoms with van der Waals surface area (Å²) in [5.74, 6) is 2.13. The van der Waals surface area contributed by atoms with E-state index in [0.717, 1.165) is 94.8 Å². The number of benzene rings is 8. The first kappa shape index (κ1) is 35.9. The van der Waals surface area contributed by atoms with Crippen molar-refractivity contribution in [2.45, 2.75) is 6.17 Å². The van der Waals surface area contributed by atoms with E-state index in [-0.39, 0.29) is 6.17 Å². The fourth-order valence-corrected chi connectivity index (χ4v) is 8.05. The molecule has 1 N–H and O–H groups in total. The maximum absolute atomic E-state index is 6.27. The van der Waals surface area contributed by atoms with Crippen LogP contribution in [-0.2, 0) is 0 Å². The van der Waals surface area contributed by atoms with Gasteiger partial charge >= 0.3 is 0 Å². The molecule has 0 spiro atoms. The largest absolute Gasteiger partial charge is 0.456 e. The highest BCUT2D eigenvalue weighted by molar-refractivity contribution is 6.13. The van der Waals surface area contributed by atoms with Gasteiger partial charge in [0.05, 0.1) is 11.4 Å². The smallest absolute Gasteiger partial charge is 0.160 e. The van der Waals surface area contributed by atoms with E-state index in [9.17, 15) is 0 Å². The molecule has 1 aliphatic heterocycles. The van der Waals surface area contributed by atoms with Gasteiger partial charge < -0.3 is 9.73 Å². The number of hydrogen-bond donors (Lipinski definition) is 1. The van der Waals surface area contributed by atoms with Crippen molar-refractivity contribution in [3.63, 3.8) is 0 Å². The predicted octanol–water partition coefficient (Wildman–Crippen LogP) is 13.2. The molecule has 288 valence electrons. The number of para-hydroxylation sites is 1. The highest BCUT2D eigenvalue weighted by Crippen LogP contribution is 2.35. The van der Waals surface area contributed by atoms with E-state index in [1.807, 2.05) is 72.8 Å². The number of hydrogen-bond acceptors (Lipinski definition) is 6. The number of furan rings is 1. The van der Waals surface area contributed by atoms with Crippen molar-refractivity contribution in [1.82, 2.24) is 15.3 Å². The van der Waals surface area contributed by atoms with Gasteiger partial charge in [-0.15, -0.1) is 0 Å². The highest BCUT2D eigenvalue weighted by atomic mass is 16.3. The van der Waals surface area contributed by atoms with Crippen molar-refractivity contribution in [3.8, 4) is 56.2 Å². The van der Waals surface area contributed by atoms with Gasteiger partial charge in [0, 0.05) is 38.6 Å². The van der Waals surface area contributed by atoms with Crippen molar-refractivity contribution in [3.05, 3.63) is 229 Å². The van der Waals surface area contributed by atoms with Crippen LogP contribution in [0.15, 0.2) is 227 Å². The van der Waals surface area contributed by atoms with Gasteiger partial charge in [0.2, 0.25) is 0 Å². The SMILES string of the molecule is c1ccc(C2=NC(c3cccc(-c4cccc(-c5cccc(-c6nc(-c7ccccc7)cc(-c7ccc8c(c7)oc7ccccc78)n6)c5)c4)c3)=NC(c3ccccc3)N2)cc1. The van der Waals surface area contributed by atoms with Crippen LogP contribution in [-0.4, -0.2) is 21.6 Å². The van der Waals surface area contributed by atoms with Crippen LogP contribution in [0.3, 0.4) is 0 Å². The van der Waals surface area contributed by atoms with Crippen LogP contribution >= 0.6 is 0 Å². The molecule has 0 fully saturated rings. The summed E-state index contributed by atoms with van der Waals surface area (Å²) in [5.41, 5.74) is 13.7. The summed E-state index contributed by atoms with van der Waals surface area (Å²) in [7, 11) is 0. The van der Waals surface area contributed by atoms with E-state index in [4.69, 9.17) is 24.4 Å². The normalized spacial score (nSPS) is 13.7. The Kier molecular flexibility index (Phi) is 9.13. The van der Waals surface area contributed by atoms with Crippen molar-refractivity contribution in [2.75, 3.05) is 0 Å². The number of aromatic nitrogens is 2. The Morgan fingerprint density at radius 2 is 0.902 bits per heavy atom. The minimum atomic E-state index is -0.267. The summed E-state index contributed by atoms with van der Waals surface area (Å²) in [6.45, 7) is 0. The van der Waals surface area contributed by atoms with E-state index >= 15 is 0 Å². The molecule has 0 bridgehead atoms. The number of nitrogens with one attached hydrogen (secondary N) is 1. The van der Waals surface area contributed by atoms with E-state index < -0.39 is 0 Å². The fourth-order valence-electron chi connectivity index (χ4n) is 8.05. The van der Waals surface area contributed by atoms with Crippen molar-refractivity contribution < 1.29 is 4.42 Å².